The Kier molecular flexibility index (Phi) is 6.16. The summed E-state index contributed by atoms with van der Waals surface area (Å²) in [4.78, 5) is 24.9. The molecule has 2 aromatic carbocycles. The van der Waals surface area contributed by atoms with Crippen molar-refractivity contribution in [2.24, 2.45) is 5.92 Å². The van der Waals surface area contributed by atoms with E-state index >= 15 is 0 Å². The zero-order valence-corrected chi connectivity index (χ0v) is 14.9. The number of halogens is 1. The Labute approximate surface area is 151 Å². The van der Waals surface area contributed by atoms with Gasteiger partial charge < -0.3 is 21.1 Å². The number of nitrogens with one attached hydrogen (secondary N) is 2. The van der Waals surface area contributed by atoms with Crippen LogP contribution in [-0.4, -0.2) is 25.0 Å². The van der Waals surface area contributed by atoms with Crippen LogP contribution in [0.5, 0.6) is 5.75 Å². The molecule has 0 spiro atoms. The van der Waals surface area contributed by atoms with Crippen molar-refractivity contribution in [1.29, 1.82) is 0 Å². The molecule has 138 valence electrons. The maximum Gasteiger partial charge on any atom is 0.254 e. The average molecular weight is 359 g/mol. The summed E-state index contributed by atoms with van der Waals surface area (Å²) in [5.41, 5.74) is 6.57. The molecule has 6 nitrogen and oxygen atoms in total. The molecule has 7 heteroatoms. The summed E-state index contributed by atoms with van der Waals surface area (Å²) in [5.74, 6) is -1.42. The summed E-state index contributed by atoms with van der Waals surface area (Å²) in [6.45, 7) is 3.57. The fraction of sp³-hybridized carbons (Fsp3) is 0.263. The zero-order valence-electron chi connectivity index (χ0n) is 14.9. The van der Waals surface area contributed by atoms with Gasteiger partial charge in [0.1, 0.15) is 17.6 Å². The van der Waals surface area contributed by atoms with Crippen LogP contribution in [0.4, 0.5) is 15.8 Å². The van der Waals surface area contributed by atoms with Crippen molar-refractivity contribution in [3.05, 3.63) is 53.8 Å². The maximum atomic E-state index is 13.8. The van der Waals surface area contributed by atoms with Crippen molar-refractivity contribution in [1.82, 2.24) is 5.32 Å². The van der Waals surface area contributed by atoms with E-state index in [1.807, 2.05) is 0 Å². The van der Waals surface area contributed by atoms with E-state index in [4.69, 9.17) is 10.5 Å². The van der Waals surface area contributed by atoms with E-state index in [-0.39, 0.29) is 11.5 Å². The predicted molar refractivity (Wildman–Crippen MR) is 98.5 cm³/mol. The van der Waals surface area contributed by atoms with Crippen molar-refractivity contribution >= 4 is 23.2 Å². The first-order valence-corrected chi connectivity index (χ1v) is 8.13. The molecular formula is C19H22FN3O3. The van der Waals surface area contributed by atoms with Gasteiger partial charge in [-0.3, -0.25) is 9.59 Å². The lowest BCUT2D eigenvalue weighted by atomic mass is 10.0. The van der Waals surface area contributed by atoms with Crippen molar-refractivity contribution < 1.29 is 18.7 Å². The zero-order chi connectivity index (χ0) is 19.3. The third kappa shape index (κ3) is 4.50. The van der Waals surface area contributed by atoms with E-state index in [9.17, 15) is 14.0 Å². The lowest BCUT2D eigenvalue weighted by molar-refractivity contribution is -0.118. The SMILES string of the molecule is COc1ccc(NC(=O)C(NC(=O)c2ccccc2F)C(C)C)cc1N. The Hall–Kier alpha value is -3.09. The molecule has 0 aromatic heterocycles. The summed E-state index contributed by atoms with van der Waals surface area (Å²) in [6.07, 6.45) is 0. The molecule has 4 N–H and O–H groups in total. The van der Waals surface area contributed by atoms with Crippen molar-refractivity contribution in [2.75, 3.05) is 18.2 Å². The standard InChI is InChI=1S/C19H22FN3O3/c1-11(2)17(23-18(24)13-6-4-5-7-14(13)20)19(25)22-12-8-9-16(26-3)15(21)10-12/h4-11,17H,21H2,1-3H3,(H,22,25)(H,23,24). The summed E-state index contributed by atoms with van der Waals surface area (Å²) in [6, 6.07) is 9.60. The fourth-order valence-corrected chi connectivity index (χ4v) is 2.43. The second-order valence-electron chi connectivity index (χ2n) is 6.12. The summed E-state index contributed by atoms with van der Waals surface area (Å²) >= 11 is 0. The van der Waals surface area contributed by atoms with Crippen LogP contribution >= 0.6 is 0 Å². The number of carbonyl (C=O) groups excluding carboxylic acids is 2. The van der Waals surface area contributed by atoms with E-state index in [0.29, 0.717) is 17.1 Å². The molecule has 0 bridgehead atoms. The molecule has 2 aromatic rings. The van der Waals surface area contributed by atoms with Crippen LogP contribution in [-0.2, 0) is 4.79 Å². The average Bonchev–Trinajstić information content (AvgIpc) is 2.59. The van der Waals surface area contributed by atoms with Gasteiger partial charge in [-0.1, -0.05) is 26.0 Å². The molecule has 0 heterocycles. The summed E-state index contributed by atoms with van der Waals surface area (Å²) in [7, 11) is 1.50. The molecule has 0 fully saturated rings. The third-order valence-electron chi connectivity index (χ3n) is 3.85. The van der Waals surface area contributed by atoms with Crippen LogP contribution in [0.15, 0.2) is 42.5 Å². The normalized spacial score (nSPS) is 11.7. The number of benzene rings is 2. The van der Waals surface area contributed by atoms with Crippen LogP contribution < -0.4 is 21.1 Å². The molecule has 0 saturated heterocycles. The number of methoxy groups -OCH3 is 1. The Bertz CT molecular complexity index is 808. The molecule has 0 saturated carbocycles. The fourth-order valence-electron chi connectivity index (χ4n) is 2.43. The Morgan fingerprint density at radius 3 is 2.42 bits per heavy atom. The second kappa shape index (κ2) is 8.33. The smallest absolute Gasteiger partial charge is 0.254 e. The van der Waals surface area contributed by atoms with Gasteiger partial charge in [0.25, 0.3) is 5.91 Å². The molecule has 1 atom stereocenters. The first kappa shape index (κ1) is 19.2. The lowest BCUT2D eigenvalue weighted by Gasteiger charge is -2.22. The minimum absolute atomic E-state index is 0.111. The third-order valence-corrected chi connectivity index (χ3v) is 3.85. The maximum absolute atomic E-state index is 13.8. The molecule has 2 rings (SSSR count). The molecule has 0 aliphatic heterocycles. The highest BCUT2D eigenvalue weighted by Gasteiger charge is 2.25. The quantitative estimate of drug-likeness (QED) is 0.692. The van der Waals surface area contributed by atoms with Gasteiger partial charge in [-0.15, -0.1) is 0 Å². The number of anilines is 2. The highest BCUT2D eigenvalue weighted by Crippen LogP contribution is 2.24. The van der Waals surface area contributed by atoms with Gasteiger partial charge >= 0.3 is 0 Å². The van der Waals surface area contributed by atoms with Crippen molar-refractivity contribution in [3.8, 4) is 5.75 Å². The number of carbonyl (C=O) groups is 2. The molecule has 26 heavy (non-hydrogen) atoms. The van der Waals surface area contributed by atoms with E-state index in [1.54, 1.807) is 38.1 Å². The van der Waals surface area contributed by atoms with Crippen LogP contribution in [0.3, 0.4) is 0 Å². The van der Waals surface area contributed by atoms with Crippen molar-refractivity contribution in [3.63, 3.8) is 0 Å². The van der Waals surface area contributed by atoms with Crippen LogP contribution in [0.25, 0.3) is 0 Å². The second-order valence-corrected chi connectivity index (χ2v) is 6.12. The number of rotatable bonds is 6. The molecule has 0 aliphatic rings. The van der Waals surface area contributed by atoms with Gasteiger partial charge in [-0.25, -0.2) is 4.39 Å². The largest absolute Gasteiger partial charge is 0.495 e. The predicted octanol–water partition coefficient (Wildman–Crippen LogP) is 2.81. The minimum Gasteiger partial charge on any atom is -0.495 e. The number of hydrogen-bond acceptors (Lipinski definition) is 4. The van der Waals surface area contributed by atoms with Gasteiger partial charge in [-0.2, -0.15) is 0 Å². The van der Waals surface area contributed by atoms with E-state index < -0.39 is 23.7 Å². The number of nitrogens with two attached hydrogens (primary N) is 1. The van der Waals surface area contributed by atoms with Crippen LogP contribution in [0.1, 0.15) is 24.2 Å². The first-order valence-electron chi connectivity index (χ1n) is 8.13. The van der Waals surface area contributed by atoms with Crippen molar-refractivity contribution in [2.45, 2.75) is 19.9 Å². The summed E-state index contributed by atoms with van der Waals surface area (Å²) < 4.78 is 18.8. The molecule has 2 amide bonds. The van der Waals surface area contributed by atoms with Gasteiger partial charge in [0.15, 0.2) is 0 Å². The number of amides is 2. The van der Waals surface area contributed by atoms with E-state index in [1.165, 1.54) is 25.3 Å². The summed E-state index contributed by atoms with van der Waals surface area (Å²) in [5, 5.41) is 5.29. The molecule has 0 aliphatic carbocycles. The Balaban J connectivity index is 2.14. The number of hydrogen-bond donors (Lipinski definition) is 3. The Morgan fingerprint density at radius 1 is 1.15 bits per heavy atom. The molecule has 1 unspecified atom stereocenters. The highest BCUT2D eigenvalue weighted by molar-refractivity contribution is 6.01. The minimum atomic E-state index is -0.842. The van der Waals surface area contributed by atoms with Crippen LogP contribution in [0.2, 0.25) is 0 Å². The van der Waals surface area contributed by atoms with Gasteiger partial charge in [0.2, 0.25) is 5.91 Å². The van der Waals surface area contributed by atoms with Gasteiger partial charge in [-0.05, 0) is 36.2 Å². The monoisotopic (exact) mass is 359 g/mol. The number of nitrogen functional groups attached to an aromatic ring is 1. The molecular weight excluding hydrogens is 337 g/mol. The van der Waals surface area contributed by atoms with E-state index in [0.717, 1.165) is 0 Å². The highest BCUT2D eigenvalue weighted by atomic mass is 19.1. The first-order chi connectivity index (χ1) is 12.3. The Morgan fingerprint density at radius 2 is 1.85 bits per heavy atom. The van der Waals surface area contributed by atoms with Gasteiger partial charge in [0.05, 0.1) is 18.4 Å². The van der Waals surface area contributed by atoms with Crippen LogP contribution in [0, 0.1) is 11.7 Å². The molecule has 0 radical (unpaired) electrons. The number of ether oxygens (including phenoxy) is 1. The van der Waals surface area contributed by atoms with Gasteiger partial charge in [0, 0.05) is 5.69 Å². The lowest BCUT2D eigenvalue weighted by Crippen LogP contribution is -2.47. The van der Waals surface area contributed by atoms with E-state index in [2.05, 4.69) is 10.6 Å². The topological polar surface area (TPSA) is 93.5 Å².